The molecular weight excluding hydrogens is 414 g/mol. The van der Waals surface area contributed by atoms with Crippen molar-refractivity contribution in [1.29, 1.82) is 0 Å². The number of fused-ring (bicyclic) bond motifs is 1. The minimum absolute atomic E-state index is 0.248. The topological polar surface area (TPSA) is 129 Å². The van der Waals surface area contributed by atoms with Gasteiger partial charge >= 0.3 is 11.9 Å². The van der Waals surface area contributed by atoms with E-state index in [0.29, 0.717) is 36.8 Å². The largest absolute Gasteiger partial charge is 0.465 e. The van der Waals surface area contributed by atoms with Crippen LogP contribution in [0.4, 0.5) is 10.6 Å². The first kappa shape index (κ1) is 21.4. The molecule has 0 saturated carbocycles. The second-order valence-electron chi connectivity index (χ2n) is 8.13. The quantitative estimate of drug-likeness (QED) is 0.542. The van der Waals surface area contributed by atoms with Gasteiger partial charge in [-0.25, -0.2) is 4.79 Å². The summed E-state index contributed by atoms with van der Waals surface area (Å²) in [4.78, 5) is 42.7. The lowest BCUT2D eigenvalue weighted by Crippen LogP contribution is -2.54. The molecule has 3 heterocycles. The van der Waals surface area contributed by atoms with Gasteiger partial charge < -0.3 is 25.1 Å². The Hall–Kier alpha value is -3.82. The van der Waals surface area contributed by atoms with Crippen molar-refractivity contribution in [1.82, 2.24) is 19.6 Å². The maximum absolute atomic E-state index is 12.9. The fourth-order valence-corrected chi connectivity index (χ4v) is 3.93. The lowest BCUT2D eigenvalue weighted by molar-refractivity contribution is -0.139. The molecule has 1 aliphatic heterocycles. The highest BCUT2D eigenvalue weighted by molar-refractivity contribution is 5.98. The van der Waals surface area contributed by atoms with Gasteiger partial charge in [0, 0.05) is 12.1 Å². The Balaban J connectivity index is 1.46. The lowest BCUT2D eigenvalue weighted by Gasteiger charge is -2.29. The highest BCUT2D eigenvalue weighted by Gasteiger charge is 2.38. The number of nitrogens with zero attached hydrogens (tertiary/aromatic N) is 3. The van der Waals surface area contributed by atoms with E-state index in [2.05, 4.69) is 15.6 Å². The number of benzene rings is 1. The van der Waals surface area contributed by atoms with E-state index in [0.717, 1.165) is 5.56 Å². The van der Waals surface area contributed by atoms with E-state index in [1.54, 1.807) is 30.6 Å². The highest BCUT2D eigenvalue weighted by Crippen LogP contribution is 2.25. The highest BCUT2D eigenvalue weighted by atomic mass is 16.4. The predicted molar refractivity (Wildman–Crippen MR) is 116 cm³/mol. The number of imidazole rings is 1. The number of aromatic nitrogens is 2. The fourth-order valence-electron chi connectivity index (χ4n) is 3.93. The van der Waals surface area contributed by atoms with Crippen molar-refractivity contribution >= 4 is 29.6 Å². The first-order valence-corrected chi connectivity index (χ1v) is 10.5. The number of hydrogen-bond donors (Lipinski definition) is 3. The second-order valence-corrected chi connectivity index (χ2v) is 8.13. The summed E-state index contributed by atoms with van der Waals surface area (Å²) in [5, 5.41) is 14.1. The Labute approximate surface area is 184 Å². The maximum atomic E-state index is 12.9. The minimum atomic E-state index is -1.27. The van der Waals surface area contributed by atoms with Crippen LogP contribution in [0.5, 0.6) is 0 Å². The summed E-state index contributed by atoms with van der Waals surface area (Å²) >= 11 is 0. The maximum Gasteiger partial charge on any atom is 0.405 e. The van der Waals surface area contributed by atoms with E-state index in [1.807, 2.05) is 30.3 Å². The average Bonchev–Trinajstić information content (AvgIpc) is 3.46. The molecule has 0 spiro atoms. The van der Waals surface area contributed by atoms with Gasteiger partial charge in [0.1, 0.15) is 12.1 Å². The van der Waals surface area contributed by atoms with Crippen LogP contribution >= 0.6 is 0 Å². The molecule has 0 bridgehead atoms. The predicted octanol–water partition coefficient (Wildman–Crippen LogP) is 2.82. The summed E-state index contributed by atoms with van der Waals surface area (Å²) < 4.78 is 7.45. The number of carbonyl (C=O) groups is 3. The zero-order valence-electron chi connectivity index (χ0n) is 17.8. The van der Waals surface area contributed by atoms with E-state index in [1.165, 1.54) is 4.90 Å². The van der Waals surface area contributed by atoms with Gasteiger partial charge in [-0.2, -0.15) is 4.98 Å². The van der Waals surface area contributed by atoms with Crippen molar-refractivity contribution in [2.24, 2.45) is 5.92 Å². The molecule has 2 atom stereocenters. The summed E-state index contributed by atoms with van der Waals surface area (Å²) in [6.07, 6.45) is 3.31. The minimum Gasteiger partial charge on any atom is -0.465 e. The van der Waals surface area contributed by atoms with Crippen molar-refractivity contribution in [3.05, 3.63) is 42.7 Å². The fraction of sp³-hybridized carbons (Fsp3) is 0.364. The number of carbonyl (C=O) groups excluding carboxylic acids is 2. The van der Waals surface area contributed by atoms with Crippen molar-refractivity contribution in [3.8, 4) is 11.3 Å². The molecule has 1 aromatic carbocycles. The zero-order chi connectivity index (χ0) is 22.8. The Morgan fingerprint density at radius 1 is 1.19 bits per heavy atom. The molecule has 10 nitrogen and oxygen atoms in total. The molecule has 2 aromatic heterocycles. The Morgan fingerprint density at radius 3 is 2.59 bits per heavy atom. The molecule has 1 fully saturated rings. The Kier molecular flexibility index (Phi) is 5.85. The molecule has 3 aromatic rings. The molecule has 0 unspecified atom stereocenters. The standard InChI is InChI=1S/C22H25N5O5/c1-13(2)18(25-22(30)31)20(29)27-10-6-9-15(27)19(28)23-17-12-26-11-16(32-21(26)24-17)14-7-4-3-5-8-14/h3-5,7-8,11-13,15,18,25H,6,9-10H2,1-2H3,(H,23,28)(H,30,31)/t15-,18-/m0/s1. The van der Waals surface area contributed by atoms with Crippen LogP contribution in [-0.4, -0.2) is 55.9 Å². The molecule has 1 aliphatic rings. The van der Waals surface area contributed by atoms with E-state index in [4.69, 9.17) is 9.52 Å². The molecule has 32 heavy (non-hydrogen) atoms. The Morgan fingerprint density at radius 2 is 1.94 bits per heavy atom. The van der Waals surface area contributed by atoms with Crippen LogP contribution in [0.1, 0.15) is 26.7 Å². The number of likely N-dealkylation sites (tertiary alicyclic amines) is 1. The van der Waals surface area contributed by atoms with Crippen LogP contribution in [0.2, 0.25) is 0 Å². The van der Waals surface area contributed by atoms with Gasteiger partial charge in [0.05, 0.1) is 12.4 Å². The summed E-state index contributed by atoms with van der Waals surface area (Å²) in [5.74, 6) is 0.301. The van der Waals surface area contributed by atoms with Crippen molar-refractivity contribution in [2.75, 3.05) is 11.9 Å². The van der Waals surface area contributed by atoms with Crippen LogP contribution in [0.15, 0.2) is 47.1 Å². The van der Waals surface area contributed by atoms with Gasteiger partial charge in [0.25, 0.3) is 0 Å². The molecule has 4 rings (SSSR count). The molecular formula is C22H25N5O5. The van der Waals surface area contributed by atoms with Gasteiger partial charge in [-0.1, -0.05) is 44.2 Å². The van der Waals surface area contributed by atoms with Crippen molar-refractivity contribution < 1.29 is 23.9 Å². The van der Waals surface area contributed by atoms with Gasteiger partial charge in [0.2, 0.25) is 11.8 Å². The number of nitrogens with one attached hydrogen (secondary N) is 2. The smallest absolute Gasteiger partial charge is 0.405 e. The van der Waals surface area contributed by atoms with Crippen molar-refractivity contribution in [3.63, 3.8) is 0 Å². The Bertz CT molecular complexity index is 1100. The molecule has 3 amide bonds. The molecule has 3 N–H and O–H groups in total. The van der Waals surface area contributed by atoms with E-state index < -0.39 is 24.1 Å². The van der Waals surface area contributed by atoms with Gasteiger partial charge in [-0.3, -0.25) is 14.0 Å². The van der Waals surface area contributed by atoms with Crippen LogP contribution < -0.4 is 10.6 Å². The molecule has 10 heteroatoms. The number of oxazole rings is 1. The monoisotopic (exact) mass is 439 g/mol. The van der Waals surface area contributed by atoms with Crippen molar-refractivity contribution in [2.45, 2.75) is 38.8 Å². The number of hydrogen-bond acceptors (Lipinski definition) is 5. The third-order valence-electron chi connectivity index (χ3n) is 5.52. The summed E-state index contributed by atoms with van der Waals surface area (Å²) in [6.45, 7) is 3.91. The van der Waals surface area contributed by atoms with Crippen LogP contribution in [0.25, 0.3) is 17.2 Å². The average molecular weight is 439 g/mol. The van der Waals surface area contributed by atoms with Gasteiger partial charge in [-0.15, -0.1) is 0 Å². The first-order valence-electron chi connectivity index (χ1n) is 10.5. The summed E-state index contributed by atoms with van der Waals surface area (Å²) in [6, 6.07) is 8.00. The molecule has 0 aliphatic carbocycles. The first-order chi connectivity index (χ1) is 15.3. The third kappa shape index (κ3) is 4.29. The van der Waals surface area contributed by atoms with Crippen LogP contribution in [0, 0.1) is 5.92 Å². The van der Waals surface area contributed by atoms with Gasteiger partial charge in [0.15, 0.2) is 11.6 Å². The van der Waals surface area contributed by atoms with Crippen LogP contribution in [-0.2, 0) is 9.59 Å². The van der Waals surface area contributed by atoms with Crippen LogP contribution in [0.3, 0.4) is 0 Å². The normalized spacial score (nSPS) is 17.0. The molecule has 1 saturated heterocycles. The molecule has 168 valence electrons. The molecule has 0 radical (unpaired) electrons. The van der Waals surface area contributed by atoms with E-state index in [9.17, 15) is 14.4 Å². The lowest BCUT2D eigenvalue weighted by atomic mass is 10.0. The number of anilines is 1. The SMILES string of the molecule is CC(C)[C@H](NC(=O)O)C(=O)N1CCC[C@H]1C(=O)Nc1cn2cc(-c3ccccc3)oc2n1. The number of amides is 3. The van der Waals surface area contributed by atoms with E-state index in [-0.39, 0.29) is 11.8 Å². The third-order valence-corrected chi connectivity index (χ3v) is 5.52. The summed E-state index contributed by atoms with van der Waals surface area (Å²) in [7, 11) is 0. The number of carboxylic acid groups (broad SMARTS) is 1. The zero-order valence-corrected chi connectivity index (χ0v) is 17.8. The van der Waals surface area contributed by atoms with Gasteiger partial charge in [-0.05, 0) is 18.8 Å². The summed E-state index contributed by atoms with van der Waals surface area (Å²) in [5.41, 5.74) is 0.915. The van der Waals surface area contributed by atoms with E-state index >= 15 is 0 Å². The second kappa shape index (κ2) is 8.74. The number of rotatable bonds is 6.